The van der Waals surface area contributed by atoms with Crippen LogP contribution in [0.1, 0.15) is 29.9 Å². The van der Waals surface area contributed by atoms with Crippen LogP contribution in [-0.4, -0.2) is 41.3 Å². The van der Waals surface area contributed by atoms with Crippen molar-refractivity contribution >= 4 is 28.9 Å². The zero-order chi connectivity index (χ0) is 19.8. The molecule has 1 aliphatic carbocycles. The Morgan fingerprint density at radius 1 is 1.29 bits per heavy atom. The van der Waals surface area contributed by atoms with Crippen LogP contribution < -0.4 is 0 Å². The molecular weight excluding hydrogens is 397 g/mol. The minimum atomic E-state index is 0.587. The first-order valence-electron chi connectivity index (χ1n) is 9.62. The molecule has 1 aliphatic rings. The predicted molar refractivity (Wildman–Crippen MR) is 112 cm³/mol. The van der Waals surface area contributed by atoms with Crippen molar-refractivity contribution in [3.05, 3.63) is 45.3 Å². The van der Waals surface area contributed by atoms with Gasteiger partial charge in [-0.15, -0.1) is 0 Å². The van der Waals surface area contributed by atoms with E-state index in [-0.39, 0.29) is 0 Å². The van der Waals surface area contributed by atoms with Crippen LogP contribution in [0.25, 0.3) is 17.0 Å². The highest BCUT2D eigenvalue weighted by Crippen LogP contribution is 2.36. The molecule has 0 unspecified atom stereocenters. The smallest absolute Gasteiger partial charge is 0.227 e. The molecule has 2 heterocycles. The maximum atomic E-state index is 6.46. The molecule has 0 atom stereocenters. The number of hydrogen-bond acceptors (Lipinski definition) is 4. The van der Waals surface area contributed by atoms with Crippen LogP contribution in [0.2, 0.25) is 10.0 Å². The number of ether oxygens (including phenoxy) is 1. The highest BCUT2D eigenvalue weighted by molar-refractivity contribution is 6.36. The number of halogens is 2. The molecule has 28 heavy (non-hydrogen) atoms. The van der Waals surface area contributed by atoms with Gasteiger partial charge >= 0.3 is 0 Å². The second-order valence-electron chi connectivity index (χ2n) is 7.58. The average molecular weight is 422 g/mol. The van der Waals surface area contributed by atoms with Gasteiger partial charge in [0.05, 0.1) is 22.9 Å². The third-order valence-corrected chi connectivity index (χ3v) is 5.87. The lowest BCUT2D eigenvalue weighted by Crippen LogP contribution is -2.29. The zero-order valence-corrected chi connectivity index (χ0v) is 18.0. The largest absolute Gasteiger partial charge is 0.441 e. The lowest BCUT2D eigenvalue weighted by molar-refractivity contribution is 0.141. The zero-order valence-electron chi connectivity index (χ0n) is 16.5. The fourth-order valence-corrected chi connectivity index (χ4v) is 4.15. The molecule has 0 saturated heterocycles. The molecule has 5 nitrogen and oxygen atoms in total. The Kier molecular flexibility index (Phi) is 5.70. The van der Waals surface area contributed by atoms with Gasteiger partial charge in [-0.1, -0.05) is 23.2 Å². The number of benzene rings is 1. The number of nitrogens with zero attached hydrogens (tertiary/aromatic N) is 3. The number of aryl methyl sites for hydroxylation is 2. The number of methoxy groups -OCH3 is 1. The first-order valence-corrected chi connectivity index (χ1v) is 10.4. The molecule has 4 rings (SSSR count). The van der Waals surface area contributed by atoms with E-state index in [0.717, 1.165) is 66.1 Å². The van der Waals surface area contributed by atoms with E-state index in [0.29, 0.717) is 10.0 Å². The second kappa shape index (κ2) is 8.07. The van der Waals surface area contributed by atoms with E-state index in [1.807, 2.05) is 30.5 Å². The van der Waals surface area contributed by atoms with Crippen molar-refractivity contribution in [3.8, 4) is 11.3 Å². The van der Waals surface area contributed by atoms with E-state index in [1.165, 1.54) is 12.8 Å². The standard InChI is InChI=1S/C21H25Cl2N3O2/c1-13-18(12-25(8-9-27-3)11-15-4-5-15)21-26(24-13)20(14(2)28-21)17-7-6-16(22)10-19(17)23/h6-7,10,15H,4-5,8-9,11-12H2,1-3H3. The molecule has 0 bridgehead atoms. The van der Waals surface area contributed by atoms with Crippen LogP contribution in [0.5, 0.6) is 0 Å². The lowest BCUT2D eigenvalue weighted by atomic mass is 10.1. The van der Waals surface area contributed by atoms with Crippen LogP contribution in [0.4, 0.5) is 0 Å². The monoisotopic (exact) mass is 421 g/mol. The summed E-state index contributed by atoms with van der Waals surface area (Å²) in [5.41, 5.74) is 4.62. The van der Waals surface area contributed by atoms with Crippen molar-refractivity contribution in [1.82, 2.24) is 14.5 Å². The minimum absolute atomic E-state index is 0.587. The highest BCUT2D eigenvalue weighted by atomic mass is 35.5. The van der Waals surface area contributed by atoms with Gasteiger partial charge in [-0.3, -0.25) is 4.90 Å². The van der Waals surface area contributed by atoms with E-state index in [9.17, 15) is 0 Å². The first kappa shape index (κ1) is 19.8. The molecule has 150 valence electrons. The molecule has 1 saturated carbocycles. The normalized spacial score (nSPS) is 14.5. The van der Waals surface area contributed by atoms with Crippen molar-refractivity contribution in [2.45, 2.75) is 33.2 Å². The maximum absolute atomic E-state index is 6.46. The molecule has 2 aromatic heterocycles. The summed E-state index contributed by atoms with van der Waals surface area (Å²) in [4.78, 5) is 2.44. The first-order chi connectivity index (χ1) is 13.5. The summed E-state index contributed by atoms with van der Waals surface area (Å²) in [7, 11) is 1.75. The molecule has 3 aromatic rings. The molecule has 0 amide bonds. The molecule has 1 aromatic carbocycles. The Hall–Kier alpha value is -1.53. The Morgan fingerprint density at radius 2 is 2.07 bits per heavy atom. The Bertz CT molecular complexity index is 991. The van der Waals surface area contributed by atoms with E-state index < -0.39 is 0 Å². The van der Waals surface area contributed by atoms with E-state index >= 15 is 0 Å². The van der Waals surface area contributed by atoms with Crippen molar-refractivity contribution in [2.75, 3.05) is 26.8 Å². The number of oxazole rings is 1. The molecule has 0 N–H and O–H groups in total. The maximum Gasteiger partial charge on any atom is 0.227 e. The molecule has 0 radical (unpaired) electrons. The van der Waals surface area contributed by atoms with Gasteiger partial charge in [0.25, 0.3) is 0 Å². The lowest BCUT2D eigenvalue weighted by Gasteiger charge is -2.21. The quantitative estimate of drug-likeness (QED) is 0.489. The number of hydrogen-bond donors (Lipinski definition) is 0. The Morgan fingerprint density at radius 3 is 2.75 bits per heavy atom. The SMILES string of the molecule is COCCN(Cc1c(C)nn2c(-c3ccc(Cl)cc3Cl)c(C)oc12)CC1CC1. The van der Waals surface area contributed by atoms with Gasteiger partial charge in [-0.25, -0.2) is 0 Å². The Labute approximate surface area is 175 Å². The summed E-state index contributed by atoms with van der Waals surface area (Å²) < 4.78 is 13.3. The van der Waals surface area contributed by atoms with Gasteiger partial charge in [-0.2, -0.15) is 9.61 Å². The van der Waals surface area contributed by atoms with Crippen molar-refractivity contribution in [2.24, 2.45) is 5.92 Å². The summed E-state index contributed by atoms with van der Waals surface area (Å²) in [6.07, 6.45) is 2.65. The third kappa shape index (κ3) is 3.94. The fourth-order valence-electron chi connectivity index (χ4n) is 3.65. The van der Waals surface area contributed by atoms with E-state index in [2.05, 4.69) is 4.90 Å². The third-order valence-electron chi connectivity index (χ3n) is 5.33. The summed E-state index contributed by atoms with van der Waals surface area (Å²) in [5, 5.41) is 5.97. The second-order valence-corrected chi connectivity index (χ2v) is 8.43. The molecule has 0 spiro atoms. The molecule has 0 aliphatic heterocycles. The van der Waals surface area contributed by atoms with Crippen molar-refractivity contribution in [1.29, 1.82) is 0 Å². The van der Waals surface area contributed by atoms with Crippen LogP contribution in [0.3, 0.4) is 0 Å². The van der Waals surface area contributed by atoms with Crippen LogP contribution in [0, 0.1) is 19.8 Å². The van der Waals surface area contributed by atoms with E-state index in [4.69, 9.17) is 37.5 Å². The van der Waals surface area contributed by atoms with Gasteiger partial charge < -0.3 is 9.15 Å². The highest BCUT2D eigenvalue weighted by Gasteiger charge is 2.27. The van der Waals surface area contributed by atoms with Crippen molar-refractivity contribution < 1.29 is 9.15 Å². The van der Waals surface area contributed by atoms with Gasteiger partial charge in [0.15, 0.2) is 0 Å². The van der Waals surface area contributed by atoms with Gasteiger partial charge in [0.1, 0.15) is 11.5 Å². The number of aromatic nitrogens is 2. The minimum Gasteiger partial charge on any atom is -0.441 e. The number of fused-ring (bicyclic) bond motifs is 1. The topological polar surface area (TPSA) is 42.9 Å². The predicted octanol–water partition coefficient (Wildman–Crippen LogP) is 5.38. The molecule has 7 heteroatoms. The van der Waals surface area contributed by atoms with Gasteiger partial charge in [0, 0.05) is 37.3 Å². The summed E-state index contributed by atoms with van der Waals surface area (Å²) in [5.74, 6) is 1.60. The summed E-state index contributed by atoms with van der Waals surface area (Å²) >= 11 is 12.5. The van der Waals surface area contributed by atoms with Crippen molar-refractivity contribution in [3.63, 3.8) is 0 Å². The van der Waals surface area contributed by atoms with Crippen LogP contribution in [0.15, 0.2) is 22.6 Å². The van der Waals surface area contributed by atoms with Crippen LogP contribution in [-0.2, 0) is 11.3 Å². The van der Waals surface area contributed by atoms with E-state index in [1.54, 1.807) is 13.2 Å². The molecule has 1 fully saturated rings. The Balaban J connectivity index is 1.71. The van der Waals surface area contributed by atoms with Crippen LogP contribution >= 0.6 is 23.2 Å². The summed E-state index contributed by atoms with van der Waals surface area (Å²) in [6, 6.07) is 5.49. The molecular formula is C21H25Cl2N3O2. The van der Waals surface area contributed by atoms with Gasteiger partial charge in [0.2, 0.25) is 5.71 Å². The number of rotatable bonds is 8. The van der Waals surface area contributed by atoms with Gasteiger partial charge in [-0.05, 0) is 50.8 Å². The average Bonchev–Trinajstić information content (AvgIpc) is 3.35. The summed E-state index contributed by atoms with van der Waals surface area (Å²) in [6.45, 7) is 7.50. The fraction of sp³-hybridized carbons (Fsp3) is 0.476.